The van der Waals surface area contributed by atoms with Crippen molar-refractivity contribution in [2.24, 2.45) is 5.73 Å². The van der Waals surface area contributed by atoms with Gasteiger partial charge in [0.05, 0.1) is 5.56 Å². The third-order valence-electron chi connectivity index (χ3n) is 3.75. The van der Waals surface area contributed by atoms with Crippen molar-refractivity contribution in [3.05, 3.63) is 23.4 Å². The van der Waals surface area contributed by atoms with Gasteiger partial charge in [-0.3, -0.25) is 5.41 Å². The molecule has 19 heavy (non-hydrogen) atoms. The van der Waals surface area contributed by atoms with E-state index < -0.39 is 0 Å². The van der Waals surface area contributed by atoms with Crippen LogP contribution in [-0.2, 0) is 0 Å². The number of hydrogen-bond donors (Lipinski definition) is 3. The monoisotopic (exact) mass is 262 g/mol. The van der Waals surface area contributed by atoms with Crippen LogP contribution in [0.2, 0.25) is 0 Å². The van der Waals surface area contributed by atoms with Crippen LogP contribution in [0.4, 0.5) is 5.82 Å². The topological polar surface area (TPSA) is 86.2 Å². The standard InChI is InChI=1S/C14H22N4O/c1-10-6-7-17-14(12(10)13(15)16)18(8-3-9-19)11-4-2-5-11/h6-7,11,19H,2-5,8-9H2,1H3,(H3,15,16). The minimum Gasteiger partial charge on any atom is -0.396 e. The second-order valence-corrected chi connectivity index (χ2v) is 5.10. The number of nitrogens with one attached hydrogen (secondary N) is 1. The first kappa shape index (κ1) is 13.8. The Morgan fingerprint density at radius 1 is 1.58 bits per heavy atom. The summed E-state index contributed by atoms with van der Waals surface area (Å²) in [6, 6.07) is 2.35. The maximum atomic E-state index is 9.05. The summed E-state index contributed by atoms with van der Waals surface area (Å²) in [6.07, 6.45) is 6.02. The molecule has 1 aliphatic rings. The van der Waals surface area contributed by atoms with Gasteiger partial charge < -0.3 is 15.7 Å². The molecule has 0 radical (unpaired) electrons. The zero-order valence-electron chi connectivity index (χ0n) is 11.4. The molecule has 1 aromatic heterocycles. The van der Waals surface area contributed by atoms with Crippen LogP contribution in [0.3, 0.4) is 0 Å². The van der Waals surface area contributed by atoms with Crippen molar-refractivity contribution in [2.75, 3.05) is 18.1 Å². The second-order valence-electron chi connectivity index (χ2n) is 5.10. The van der Waals surface area contributed by atoms with Crippen molar-refractivity contribution in [1.29, 1.82) is 5.41 Å². The molecule has 0 spiro atoms. The minimum atomic E-state index is 0.0638. The highest BCUT2D eigenvalue weighted by Crippen LogP contribution is 2.31. The summed E-state index contributed by atoms with van der Waals surface area (Å²) < 4.78 is 0. The minimum absolute atomic E-state index is 0.0638. The number of anilines is 1. The summed E-state index contributed by atoms with van der Waals surface area (Å²) in [7, 11) is 0. The number of nitrogens with zero attached hydrogens (tertiary/aromatic N) is 2. The van der Waals surface area contributed by atoms with Crippen LogP contribution in [0.25, 0.3) is 0 Å². The molecule has 5 nitrogen and oxygen atoms in total. The van der Waals surface area contributed by atoms with E-state index in [0.29, 0.717) is 12.5 Å². The van der Waals surface area contributed by atoms with Crippen LogP contribution in [0.15, 0.2) is 12.3 Å². The molecule has 1 fully saturated rings. The van der Waals surface area contributed by atoms with Gasteiger partial charge in [0.25, 0.3) is 0 Å². The van der Waals surface area contributed by atoms with Gasteiger partial charge in [0.1, 0.15) is 11.7 Å². The lowest BCUT2D eigenvalue weighted by Crippen LogP contribution is -2.42. The third-order valence-corrected chi connectivity index (χ3v) is 3.75. The highest BCUT2D eigenvalue weighted by Gasteiger charge is 2.28. The predicted octanol–water partition coefficient (Wildman–Crippen LogP) is 1.42. The van der Waals surface area contributed by atoms with E-state index in [2.05, 4.69) is 9.88 Å². The van der Waals surface area contributed by atoms with Gasteiger partial charge in [-0.2, -0.15) is 0 Å². The van der Waals surface area contributed by atoms with E-state index in [0.717, 1.165) is 36.3 Å². The summed E-state index contributed by atoms with van der Waals surface area (Å²) >= 11 is 0. The average Bonchev–Trinajstić information content (AvgIpc) is 2.31. The first-order valence-electron chi connectivity index (χ1n) is 6.82. The smallest absolute Gasteiger partial charge is 0.140 e. The van der Waals surface area contributed by atoms with Gasteiger partial charge in [0.2, 0.25) is 0 Å². The van der Waals surface area contributed by atoms with E-state index in [1.165, 1.54) is 6.42 Å². The molecule has 0 aromatic carbocycles. The highest BCUT2D eigenvalue weighted by molar-refractivity contribution is 6.01. The molecule has 1 saturated carbocycles. The molecule has 2 rings (SSSR count). The Morgan fingerprint density at radius 3 is 2.84 bits per heavy atom. The van der Waals surface area contributed by atoms with Crippen molar-refractivity contribution in [2.45, 2.75) is 38.6 Å². The lowest BCUT2D eigenvalue weighted by atomic mass is 9.90. The summed E-state index contributed by atoms with van der Waals surface area (Å²) in [5, 5.41) is 16.8. The normalized spacial score (nSPS) is 15.1. The average molecular weight is 262 g/mol. The fraction of sp³-hybridized carbons (Fsp3) is 0.571. The molecule has 0 amide bonds. The molecule has 0 atom stereocenters. The third kappa shape index (κ3) is 2.87. The van der Waals surface area contributed by atoms with Gasteiger partial charge in [-0.1, -0.05) is 0 Å². The second kappa shape index (κ2) is 6.02. The molecule has 4 N–H and O–H groups in total. The molecule has 0 unspecified atom stereocenters. The van der Waals surface area contributed by atoms with E-state index in [9.17, 15) is 0 Å². The molecule has 1 heterocycles. The first-order valence-corrected chi connectivity index (χ1v) is 6.82. The first-order chi connectivity index (χ1) is 9.15. The van der Waals surface area contributed by atoms with Crippen LogP contribution in [0.5, 0.6) is 0 Å². The number of aromatic nitrogens is 1. The van der Waals surface area contributed by atoms with E-state index in [1.807, 2.05) is 13.0 Å². The fourth-order valence-electron chi connectivity index (χ4n) is 2.50. The molecule has 0 aliphatic heterocycles. The lowest BCUT2D eigenvalue weighted by molar-refractivity contribution is 0.282. The number of aliphatic hydroxyl groups is 1. The van der Waals surface area contributed by atoms with Gasteiger partial charge >= 0.3 is 0 Å². The zero-order chi connectivity index (χ0) is 13.8. The number of rotatable bonds is 6. The Hall–Kier alpha value is -1.62. The Morgan fingerprint density at radius 2 is 2.32 bits per heavy atom. The Balaban J connectivity index is 2.34. The molecule has 1 aromatic rings. The number of aryl methyl sites for hydroxylation is 1. The van der Waals surface area contributed by atoms with Crippen LogP contribution in [-0.4, -0.2) is 35.1 Å². The quantitative estimate of drug-likeness (QED) is 0.534. The maximum absolute atomic E-state index is 9.05. The molecule has 0 bridgehead atoms. The van der Waals surface area contributed by atoms with Gasteiger partial charge in [-0.05, 0) is 44.2 Å². The molecule has 0 saturated heterocycles. The van der Waals surface area contributed by atoms with Crippen molar-refractivity contribution in [3.63, 3.8) is 0 Å². The van der Waals surface area contributed by atoms with E-state index in [1.54, 1.807) is 6.20 Å². The zero-order valence-corrected chi connectivity index (χ0v) is 11.4. The van der Waals surface area contributed by atoms with E-state index >= 15 is 0 Å². The largest absolute Gasteiger partial charge is 0.396 e. The number of nitrogens with two attached hydrogens (primary N) is 1. The molecular weight excluding hydrogens is 240 g/mol. The van der Waals surface area contributed by atoms with Crippen LogP contribution in [0.1, 0.15) is 36.8 Å². The molecule has 104 valence electrons. The summed E-state index contributed by atoms with van der Waals surface area (Å²) in [5.74, 6) is 0.861. The number of amidine groups is 1. The van der Waals surface area contributed by atoms with E-state index in [-0.39, 0.29) is 12.4 Å². The molecule has 5 heteroatoms. The Labute approximate surface area is 114 Å². The van der Waals surface area contributed by atoms with Crippen molar-refractivity contribution in [3.8, 4) is 0 Å². The number of hydrogen-bond acceptors (Lipinski definition) is 4. The number of pyridine rings is 1. The Kier molecular flexibility index (Phi) is 4.37. The van der Waals surface area contributed by atoms with Gasteiger partial charge in [0.15, 0.2) is 0 Å². The van der Waals surface area contributed by atoms with Crippen LogP contribution < -0.4 is 10.6 Å². The Bertz CT molecular complexity index is 457. The summed E-state index contributed by atoms with van der Waals surface area (Å²) in [6.45, 7) is 2.88. The van der Waals surface area contributed by atoms with Gasteiger partial charge in [-0.25, -0.2) is 4.98 Å². The highest BCUT2D eigenvalue weighted by atomic mass is 16.3. The maximum Gasteiger partial charge on any atom is 0.140 e. The van der Waals surface area contributed by atoms with Crippen molar-refractivity contribution in [1.82, 2.24) is 4.98 Å². The van der Waals surface area contributed by atoms with Gasteiger partial charge in [-0.15, -0.1) is 0 Å². The predicted molar refractivity (Wildman–Crippen MR) is 76.7 cm³/mol. The summed E-state index contributed by atoms with van der Waals surface area (Å²) in [5.41, 5.74) is 7.42. The van der Waals surface area contributed by atoms with Gasteiger partial charge in [0, 0.05) is 25.4 Å². The number of aliphatic hydroxyl groups excluding tert-OH is 1. The van der Waals surface area contributed by atoms with Crippen LogP contribution >= 0.6 is 0 Å². The SMILES string of the molecule is Cc1ccnc(N(CCCO)C2CCC2)c1C(=N)N. The summed E-state index contributed by atoms with van der Waals surface area (Å²) in [4.78, 5) is 6.65. The molecule has 1 aliphatic carbocycles. The fourth-order valence-corrected chi connectivity index (χ4v) is 2.50. The van der Waals surface area contributed by atoms with E-state index in [4.69, 9.17) is 16.2 Å². The van der Waals surface area contributed by atoms with Crippen LogP contribution in [0, 0.1) is 12.3 Å². The number of nitrogen functional groups attached to an aromatic ring is 1. The van der Waals surface area contributed by atoms with Crippen molar-refractivity contribution >= 4 is 11.7 Å². The molecular formula is C14H22N4O. The lowest BCUT2D eigenvalue weighted by Gasteiger charge is -2.39. The van der Waals surface area contributed by atoms with Crippen molar-refractivity contribution < 1.29 is 5.11 Å².